The van der Waals surface area contributed by atoms with Crippen LogP contribution in [0.1, 0.15) is 55.0 Å². The number of nitrogens with zero attached hydrogens (tertiary/aromatic N) is 1. The number of hydrogen-bond acceptors (Lipinski definition) is 5. The van der Waals surface area contributed by atoms with Gasteiger partial charge in [0.15, 0.2) is 0 Å². The molecule has 196 valence electrons. The van der Waals surface area contributed by atoms with E-state index in [1.54, 1.807) is 12.0 Å². The summed E-state index contributed by atoms with van der Waals surface area (Å²) in [5, 5.41) is 14.1. The molecule has 0 saturated carbocycles. The summed E-state index contributed by atoms with van der Waals surface area (Å²) in [6.45, 7) is 7.03. The highest BCUT2D eigenvalue weighted by molar-refractivity contribution is 5.70. The minimum atomic E-state index is -0.382. The first kappa shape index (κ1) is 26.7. The van der Waals surface area contributed by atoms with Crippen molar-refractivity contribution in [3.05, 3.63) is 101 Å². The number of methoxy groups -OCH3 is 1. The minimum Gasteiger partial charge on any atom is -0.496 e. The molecule has 0 unspecified atom stereocenters. The van der Waals surface area contributed by atoms with Crippen LogP contribution < -0.4 is 10.1 Å². The lowest BCUT2D eigenvalue weighted by molar-refractivity contribution is 0.0748. The summed E-state index contributed by atoms with van der Waals surface area (Å²) < 4.78 is 11.4. The molecule has 6 nitrogen and oxygen atoms in total. The molecule has 0 radical (unpaired) electrons. The monoisotopic (exact) mass is 502 g/mol. The molecule has 2 N–H and O–H groups in total. The van der Waals surface area contributed by atoms with Crippen molar-refractivity contribution in [2.45, 2.75) is 58.0 Å². The van der Waals surface area contributed by atoms with Gasteiger partial charge in [0.2, 0.25) is 0 Å². The Hall–Kier alpha value is -3.35. The Morgan fingerprint density at radius 3 is 2.32 bits per heavy atom. The number of rotatable bonds is 9. The SMILES string of the molecule is COc1ccc(C(C)C)cc1CN[C@H]1[C@@H](CO)[C@@H](C)N(C(=O)OCc2ccccc2)[C@H]1c1ccccc1. The molecule has 1 heterocycles. The molecule has 0 spiro atoms. The van der Waals surface area contributed by atoms with Crippen molar-refractivity contribution < 1.29 is 19.4 Å². The van der Waals surface area contributed by atoms with Crippen LogP contribution in [0.25, 0.3) is 0 Å². The zero-order valence-electron chi connectivity index (χ0n) is 22.1. The Bertz CT molecular complexity index is 1150. The largest absolute Gasteiger partial charge is 0.496 e. The van der Waals surface area contributed by atoms with E-state index in [0.29, 0.717) is 12.5 Å². The number of ether oxygens (including phenoxy) is 2. The molecule has 0 bridgehead atoms. The molecule has 3 aromatic carbocycles. The second kappa shape index (κ2) is 12.3. The van der Waals surface area contributed by atoms with E-state index < -0.39 is 0 Å². The van der Waals surface area contributed by atoms with Crippen molar-refractivity contribution >= 4 is 6.09 Å². The molecule has 1 saturated heterocycles. The Balaban J connectivity index is 1.62. The molecular formula is C31H38N2O4. The fourth-order valence-corrected chi connectivity index (χ4v) is 5.31. The summed E-state index contributed by atoms with van der Waals surface area (Å²) in [5.74, 6) is 1.04. The summed E-state index contributed by atoms with van der Waals surface area (Å²) in [6.07, 6.45) is -0.382. The van der Waals surface area contributed by atoms with Gasteiger partial charge in [0.25, 0.3) is 0 Å². The van der Waals surface area contributed by atoms with Crippen molar-refractivity contribution in [2.75, 3.05) is 13.7 Å². The number of aliphatic hydroxyl groups excluding tert-OH is 1. The highest BCUT2D eigenvalue weighted by Gasteiger charge is 2.49. The molecule has 1 amide bonds. The number of aliphatic hydroxyl groups is 1. The van der Waals surface area contributed by atoms with Crippen molar-refractivity contribution in [3.8, 4) is 5.75 Å². The highest BCUT2D eigenvalue weighted by atomic mass is 16.6. The lowest BCUT2D eigenvalue weighted by Crippen LogP contribution is -2.40. The van der Waals surface area contributed by atoms with Crippen molar-refractivity contribution in [3.63, 3.8) is 0 Å². The smallest absolute Gasteiger partial charge is 0.410 e. The number of hydrogen-bond donors (Lipinski definition) is 2. The number of likely N-dealkylation sites (tertiary alicyclic amines) is 1. The summed E-state index contributed by atoms with van der Waals surface area (Å²) >= 11 is 0. The minimum absolute atomic E-state index is 0.0478. The third-order valence-corrected chi connectivity index (χ3v) is 7.43. The van der Waals surface area contributed by atoms with Gasteiger partial charge < -0.3 is 19.9 Å². The van der Waals surface area contributed by atoms with Gasteiger partial charge >= 0.3 is 6.09 Å². The van der Waals surface area contributed by atoms with Gasteiger partial charge in [-0.1, -0.05) is 86.6 Å². The Kier molecular flexibility index (Phi) is 8.85. The summed E-state index contributed by atoms with van der Waals surface area (Å²) in [4.78, 5) is 15.3. The van der Waals surface area contributed by atoms with Crippen molar-refractivity contribution in [1.82, 2.24) is 10.2 Å². The van der Waals surface area contributed by atoms with Crippen LogP contribution in [-0.2, 0) is 17.9 Å². The number of nitrogens with one attached hydrogen (secondary N) is 1. The van der Waals surface area contributed by atoms with Crippen molar-refractivity contribution in [1.29, 1.82) is 0 Å². The number of carbonyl (C=O) groups excluding carboxylic acids is 1. The van der Waals surface area contributed by atoms with E-state index in [9.17, 15) is 9.90 Å². The molecule has 1 aliphatic heterocycles. The quantitative estimate of drug-likeness (QED) is 0.395. The fourth-order valence-electron chi connectivity index (χ4n) is 5.31. The van der Waals surface area contributed by atoms with Gasteiger partial charge in [0.05, 0.1) is 13.2 Å². The van der Waals surface area contributed by atoms with Crippen LogP contribution in [-0.4, -0.2) is 41.9 Å². The predicted molar refractivity (Wildman–Crippen MR) is 145 cm³/mol. The zero-order chi connectivity index (χ0) is 26.4. The third-order valence-electron chi connectivity index (χ3n) is 7.43. The third kappa shape index (κ3) is 5.97. The first-order valence-corrected chi connectivity index (χ1v) is 13.0. The highest BCUT2D eigenvalue weighted by Crippen LogP contribution is 2.41. The van der Waals surface area contributed by atoms with Crippen LogP contribution in [0.2, 0.25) is 0 Å². The predicted octanol–water partition coefficient (Wildman–Crippen LogP) is 5.67. The van der Waals surface area contributed by atoms with E-state index in [-0.39, 0.29) is 43.4 Å². The summed E-state index contributed by atoms with van der Waals surface area (Å²) in [5.41, 5.74) is 4.23. The Morgan fingerprint density at radius 1 is 1.03 bits per heavy atom. The number of benzene rings is 3. The molecule has 37 heavy (non-hydrogen) atoms. The lowest BCUT2D eigenvalue weighted by atomic mass is 9.91. The summed E-state index contributed by atoms with van der Waals surface area (Å²) in [7, 11) is 1.68. The van der Waals surface area contributed by atoms with Gasteiger partial charge in [-0.2, -0.15) is 0 Å². The molecule has 4 atom stereocenters. The second-order valence-electron chi connectivity index (χ2n) is 10.0. The van der Waals surface area contributed by atoms with E-state index in [4.69, 9.17) is 9.47 Å². The van der Waals surface area contributed by atoms with Gasteiger partial charge in [0.1, 0.15) is 12.4 Å². The van der Waals surface area contributed by atoms with Crippen LogP contribution in [0.4, 0.5) is 4.79 Å². The van der Waals surface area contributed by atoms with E-state index >= 15 is 0 Å². The van der Waals surface area contributed by atoms with Crippen LogP contribution >= 0.6 is 0 Å². The molecule has 6 heteroatoms. The van der Waals surface area contributed by atoms with Gasteiger partial charge in [-0.25, -0.2) is 4.79 Å². The average molecular weight is 503 g/mol. The van der Waals surface area contributed by atoms with Crippen LogP contribution in [0.15, 0.2) is 78.9 Å². The molecule has 0 aliphatic carbocycles. The molecule has 1 fully saturated rings. The van der Waals surface area contributed by atoms with Crippen LogP contribution in [0.5, 0.6) is 5.75 Å². The maximum Gasteiger partial charge on any atom is 0.410 e. The van der Waals surface area contributed by atoms with E-state index in [2.05, 4.69) is 31.3 Å². The first-order valence-electron chi connectivity index (χ1n) is 13.0. The van der Waals surface area contributed by atoms with E-state index in [0.717, 1.165) is 22.4 Å². The Morgan fingerprint density at radius 2 is 1.70 bits per heavy atom. The average Bonchev–Trinajstić information content (AvgIpc) is 3.22. The molecule has 4 rings (SSSR count). The van der Waals surface area contributed by atoms with Crippen molar-refractivity contribution in [2.24, 2.45) is 5.92 Å². The topological polar surface area (TPSA) is 71.0 Å². The van der Waals surface area contributed by atoms with E-state index in [1.807, 2.05) is 73.7 Å². The summed E-state index contributed by atoms with van der Waals surface area (Å²) in [6, 6.07) is 25.2. The van der Waals surface area contributed by atoms with Gasteiger partial charge in [0, 0.05) is 36.7 Å². The van der Waals surface area contributed by atoms with Crippen LogP contribution in [0.3, 0.4) is 0 Å². The normalized spacial score (nSPS) is 21.3. The van der Waals surface area contributed by atoms with Gasteiger partial charge in [-0.15, -0.1) is 0 Å². The molecular weight excluding hydrogens is 464 g/mol. The maximum atomic E-state index is 13.5. The second-order valence-corrected chi connectivity index (χ2v) is 10.0. The standard InChI is InChI=1S/C31H38N2O4/c1-21(2)25-15-16-28(36-4)26(17-25)18-32-29-27(19-34)22(3)33(30(29)24-13-9-6-10-14-24)31(35)37-20-23-11-7-5-8-12-23/h5-17,21-22,27,29-30,32,34H,18-20H2,1-4H3/t22-,27+,29+,30+/m1/s1. The molecule has 1 aliphatic rings. The number of amides is 1. The van der Waals surface area contributed by atoms with Gasteiger partial charge in [-0.3, -0.25) is 4.90 Å². The molecule has 3 aromatic rings. The first-order chi connectivity index (χ1) is 17.9. The lowest BCUT2D eigenvalue weighted by Gasteiger charge is -2.30. The Labute approximate surface area is 220 Å². The fraction of sp³-hybridized carbons (Fsp3) is 0.387. The number of carbonyl (C=O) groups is 1. The molecule has 0 aromatic heterocycles. The van der Waals surface area contributed by atoms with Gasteiger partial charge in [-0.05, 0) is 35.6 Å². The zero-order valence-corrected chi connectivity index (χ0v) is 22.1. The maximum absolute atomic E-state index is 13.5. The van der Waals surface area contributed by atoms with Crippen LogP contribution in [0, 0.1) is 5.92 Å². The van der Waals surface area contributed by atoms with E-state index in [1.165, 1.54) is 5.56 Å².